The Morgan fingerprint density at radius 2 is 1.88 bits per heavy atom. The van der Waals surface area contributed by atoms with Gasteiger partial charge in [0.2, 0.25) is 0 Å². The first-order valence-corrected chi connectivity index (χ1v) is 6.26. The van der Waals surface area contributed by atoms with Gasteiger partial charge in [-0.15, -0.1) is 0 Å². The minimum Gasteiger partial charge on any atom is -0.388 e. The fraction of sp³-hybridized carbons (Fsp3) is 0.364. The molecular formula is C11H11BrClNO3. The number of amides is 1. The Hall–Kier alpha value is -0.620. The van der Waals surface area contributed by atoms with Crippen LogP contribution >= 0.6 is 27.5 Å². The summed E-state index contributed by atoms with van der Waals surface area (Å²) >= 11 is 9.12. The zero-order chi connectivity index (χ0) is 12.6. The molecule has 1 fully saturated rings. The molecule has 92 valence electrons. The summed E-state index contributed by atoms with van der Waals surface area (Å²) in [5.74, 6) is -0.246. The van der Waals surface area contributed by atoms with Crippen molar-refractivity contribution < 1.29 is 15.0 Å². The lowest BCUT2D eigenvalue weighted by atomic mass is 10.2. The van der Waals surface area contributed by atoms with Crippen LogP contribution in [0.2, 0.25) is 5.02 Å². The Morgan fingerprint density at radius 3 is 2.41 bits per heavy atom. The van der Waals surface area contributed by atoms with E-state index in [-0.39, 0.29) is 19.0 Å². The second-order valence-electron chi connectivity index (χ2n) is 4.00. The Morgan fingerprint density at radius 1 is 1.29 bits per heavy atom. The summed E-state index contributed by atoms with van der Waals surface area (Å²) < 4.78 is 0.716. The summed E-state index contributed by atoms with van der Waals surface area (Å²) in [6.07, 6.45) is -1.75. The molecule has 0 bridgehead atoms. The maximum atomic E-state index is 12.1. The normalized spacial score (nSPS) is 24.1. The van der Waals surface area contributed by atoms with Gasteiger partial charge in [-0.3, -0.25) is 4.79 Å². The molecule has 0 aromatic heterocycles. The van der Waals surface area contributed by atoms with Crippen molar-refractivity contribution in [1.82, 2.24) is 4.90 Å². The summed E-state index contributed by atoms with van der Waals surface area (Å²) in [5, 5.41) is 19.2. The number of benzene rings is 1. The average molecular weight is 321 g/mol. The van der Waals surface area contributed by atoms with Gasteiger partial charge in [-0.25, -0.2) is 0 Å². The lowest BCUT2D eigenvalue weighted by molar-refractivity contribution is 0.0572. The molecule has 4 nitrogen and oxygen atoms in total. The van der Waals surface area contributed by atoms with Crippen LogP contribution in [0.15, 0.2) is 22.7 Å². The fourth-order valence-electron chi connectivity index (χ4n) is 1.80. The highest BCUT2D eigenvalue weighted by molar-refractivity contribution is 9.10. The molecule has 0 spiro atoms. The van der Waals surface area contributed by atoms with Crippen molar-refractivity contribution in [3.05, 3.63) is 33.3 Å². The zero-order valence-electron chi connectivity index (χ0n) is 8.81. The Balaban J connectivity index is 2.20. The van der Waals surface area contributed by atoms with E-state index in [9.17, 15) is 15.0 Å². The van der Waals surface area contributed by atoms with Gasteiger partial charge < -0.3 is 15.1 Å². The third-order valence-electron chi connectivity index (χ3n) is 2.66. The summed E-state index contributed by atoms with van der Waals surface area (Å²) in [4.78, 5) is 13.5. The molecule has 17 heavy (non-hydrogen) atoms. The molecule has 0 aliphatic carbocycles. The van der Waals surface area contributed by atoms with Gasteiger partial charge in [0.25, 0.3) is 5.91 Å². The summed E-state index contributed by atoms with van der Waals surface area (Å²) in [7, 11) is 0. The molecule has 2 rings (SSSR count). The van der Waals surface area contributed by atoms with Gasteiger partial charge in [0.15, 0.2) is 0 Å². The maximum Gasteiger partial charge on any atom is 0.254 e. The Labute approximate surface area is 112 Å². The van der Waals surface area contributed by atoms with Crippen molar-refractivity contribution in [3.8, 4) is 0 Å². The molecule has 2 unspecified atom stereocenters. The number of likely N-dealkylation sites (tertiary alicyclic amines) is 1. The van der Waals surface area contributed by atoms with Crippen molar-refractivity contribution in [1.29, 1.82) is 0 Å². The van der Waals surface area contributed by atoms with E-state index in [2.05, 4.69) is 15.9 Å². The predicted molar refractivity (Wildman–Crippen MR) is 67.1 cm³/mol. The second-order valence-corrected chi connectivity index (χ2v) is 5.36. The van der Waals surface area contributed by atoms with E-state index in [1.54, 1.807) is 18.2 Å². The SMILES string of the molecule is O=C(c1cc(Cl)cc(Br)c1)N1CC(O)C(O)C1. The number of aliphatic hydroxyl groups is 2. The molecule has 0 radical (unpaired) electrons. The highest BCUT2D eigenvalue weighted by Gasteiger charge is 2.33. The third-order valence-corrected chi connectivity index (χ3v) is 3.33. The van der Waals surface area contributed by atoms with Crippen LogP contribution in [0.3, 0.4) is 0 Å². The Kier molecular flexibility index (Phi) is 3.73. The molecule has 6 heteroatoms. The van der Waals surface area contributed by atoms with Crippen LogP contribution in [0.25, 0.3) is 0 Å². The smallest absolute Gasteiger partial charge is 0.254 e. The van der Waals surface area contributed by atoms with Crippen LogP contribution in [0, 0.1) is 0 Å². The predicted octanol–water partition coefficient (Wildman–Crippen LogP) is 1.28. The molecule has 1 aromatic rings. The van der Waals surface area contributed by atoms with Gasteiger partial charge in [0, 0.05) is 28.1 Å². The highest BCUT2D eigenvalue weighted by Crippen LogP contribution is 2.22. The zero-order valence-corrected chi connectivity index (χ0v) is 11.1. The van der Waals surface area contributed by atoms with E-state index in [4.69, 9.17) is 11.6 Å². The number of aliphatic hydroxyl groups excluding tert-OH is 2. The van der Waals surface area contributed by atoms with E-state index in [0.717, 1.165) is 0 Å². The summed E-state index contributed by atoms with van der Waals surface area (Å²) in [6.45, 7) is 0.286. The molecule has 1 heterocycles. The first-order chi connectivity index (χ1) is 7.97. The molecule has 0 saturated carbocycles. The van der Waals surface area contributed by atoms with E-state index in [1.165, 1.54) is 4.90 Å². The molecule has 1 aliphatic rings. The van der Waals surface area contributed by atoms with Gasteiger partial charge >= 0.3 is 0 Å². The number of rotatable bonds is 1. The molecular weight excluding hydrogens is 309 g/mol. The maximum absolute atomic E-state index is 12.1. The lowest BCUT2D eigenvalue weighted by Crippen LogP contribution is -2.29. The molecule has 1 aromatic carbocycles. The lowest BCUT2D eigenvalue weighted by Gasteiger charge is -2.15. The third kappa shape index (κ3) is 2.80. The van der Waals surface area contributed by atoms with Crippen molar-refractivity contribution in [3.63, 3.8) is 0 Å². The topological polar surface area (TPSA) is 60.8 Å². The van der Waals surface area contributed by atoms with Crippen LogP contribution in [0.1, 0.15) is 10.4 Å². The van der Waals surface area contributed by atoms with Crippen LogP contribution in [-0.2, 0) is 0 Å². The van der Waals surface area contributed by atoms with Gasteiger partial charge in [0.1, 0.15) is 0 Å². The van der Waals surface area contributed by atoms with Gasteiger partial charge in [-0.05, 0) is 18.2 Å². The molecule has 1 saturated heterocycles. The quantitative estimate of drug-likeness (QED) is 0.819. The number of carbonyl (C=O) groups excluding carboxylic acids is 1. The van der Waals surface area contributed by atoms with Gasteiger partial charge in [-0.1, -0.05) is 27.5 Å². The van der Waals surface area contributed by atoms with Crippen LogP contribution in [0.4, 0.5) is 0 Å². The van der Waals surface area contributed by atoms with E-state index >= 15 is 0 Å². The fourth-order valence-corrected chi connectivity index (χ4v) is 2.66. The van der Waals surface area contributed by atoms with Gasteiger partial charge in [-0.2, -0.15) is 0 Å². The summed E-state index contributed by atoms with van der Waals surface area (Å²) in [6, 6.07) is 4.91. The number of hydrogen-bond donors (Lipinski definition) is 2. The van der Waals surface area contributed by atoms with Crippen LogP contribution in [0.5, 0.6) is 0 Å². The first kappa shape index (κ1) is 12.8. The molecule has 2 atom stereocenters. The number of halogens is 2. The van der Waals surface area contributed by atoms with Crippen LogP contribution < -0.4 is 0 Å². The molecule has 1 aliphatic heterocycles. The average Bonchev–Trinajstić information content (AvgIpc) is 2.57. The first-order valence-electron chi connectivity index (χ1n) is 5.09. The summed E-state index contributed by atoms with van der Waals surface area (Å²) in [5.41, 5.74) is 0.436. The number of carbonyl (C=O) groups is 1. The number of nitrogens with zero attached hydrogens (tertiary/aromatic N) is 1. The van der Waals surface area contributed by atoms with E-state index in [0.29, 0.717) is 15.1 Å². The monoisotopic (exact) mass is 319 g/mol. The number of β-amino-alcohol motifs (C(OH)–C–C–N with tert-alkyl or cyclic N) is 2. The van der Waals surface area contributed by atoms with Gasteiger partial charge in [0.05, 0.1) is 12.2 Å². The van der Waals surface area contributed by atoms with Crippen molar-refractivity contribution in [2.45, 2.75) is 12.2 Å². The standard InChI is InChI=1S/C11H11BrClNO3/c12-7-1-6(2-8(13)3-7)11(17)14-4-9(15)10(16)5-14/h1-3,9-10,15-16H,4-5H2. The van der Waals surface area contributed by atoms with E-state index in [1.807, 2.05) is 0 Å². The highest BCUT2D eigenvalue weighted by atomic mass is 79.9. The largest absolute Gasteiger partial charge is 0.388 e. The second kappa shape index (κ2) is 4.94. The van der Waals surface area contributed by atoms with Crippen molar-refractivity contribution >= 4 is 33.4 Å². The van der Waals surface area contributed by atoms with Crippen molar-refractivity contribution in [2.24, 2.45) is 0 Å². The molecule has 2 N–H and O–H groups in total. The van der Waals surface area contributed by atoms with Crippen LogP contribution in [-0.4, -0.2) is 46.3 Å². The Bertz CT molecular complexity index is 424. The minimum atomic E-state index is -0.874. The number of hydrogen-bond acceptors (Lipinski definition) is 3. The van der Waals surface area contributed by atoms with E-state index < -0.39 is 12.2 Å². The van der Waals surface area contributed by atoms with Crippen molar-refractivity contribution in [2.75, 3.05) is 13.1 Å². The minimum absolute atomic E-state index is 0.143. The molecule has 1 amide bonds.